The van der Waals surface area contributed by atoms with Crippen LogP contribution < -0.4 is 24.3 Å². The molecule has 1 saturated heterocycles. The van der Waals surface area contributed by atoms with Gasteiger partial charge in [0.1, 0.15) is 11.5 Å². The van der Waals surface area contributed by atoms with E-state index in [9.17, 15) is 4.79 Å². The van der Waals surface area contributed by atoms with Crippen LogP contribution in [-0.4, -0.2) is 58.9 Å². The monoisotopic (exact) mass is 496 g/mol. The van der Waals surface area contributed by atoms with Gasteiger partial charge in [0, 0.05) is 43.2 Å². The molecular weight excluding hydrogens is 456 g/mol. The lowest BCUT2D eigenvalue weighted by molar-refractivity contribution is -0.123. The molecule has 0 unspecified atom stereocenters. The van der Waals surface area contributed by atoms with E-state index in [1.165, 1.54) is 11.1 Å². The van der Waals surface area contributed by atoms with Crippen LogP contribution >= 0.6 is 0 Å². The van der Waals surface area contributed by atoms with Gasteiger partial charge in [-0.3, -0.25) is 9.69 Å². The molecule has 4 rings (SSSR count). The molecular formula is C29H40N2O5. The minimum Gasteiger partial charge on any atom is -0.496 e. The number of methoxy groups -OCH3 is 4. The van der Waals surface area contributed by atoms with Crippen LogP contribution in [0.1, 0.15) is 48.9 Å². The number of benzene rings is 2. The third-order valence-corrected chi connectivity index (χ3v) is 7.95. The van der Waals surface area contributed by atoms with E-state index in [0.29, 0.717) is 36.3 Å². The Kier molecular flexibility index (Phi) is 8.62. The highest BCUT2D eigenvalue weighted by Gasteiger charge is 2.41. The standard InChI is InChI=1S/C29H40N2O5/c1-6-20-18-31-14-12-22-24(33-2)9-10-26(35-4)29(22)23(31)16-21(20)17-28(32)30-13-11-19-7-8-25(34-3)27(15-19)36-5/h7-10,15,20-21,23H,6,11-14,16-18H2,1-5H3,(H,30,32)/t20-,21+,23+/m1/s1. The largest absolute Gasteiger partial charge is 0.496 e. The van der Waals surface area contributed by atoms with Crippen LogP contribution in [0.15, 0.2) is 30.3 Å². The van der Waals surface area contributed by atoms with Crippen LogP contribution in [0.4, 0.5) is 0 Å². The second kappa shape index (κ2) is 11.9. The topological polar surface area (TPSA) is 69.3 Å². The van der Waals surface area contributed by atoms with Gasteiger partial charge in [-0.25, -0.2) is 0 Å². The van der Waals surface area contributed by atoms with Crippen molar-refractivity contribution in [3.63, 3.8) is 0 Å². The van der Waals surface area contributed by atoms with Gasteiger partial charge >= 0.3 is 0 Å². The Morgan fingerprint density at radius 1 is 0.944 bits per heavy atom. The molecule has 196 valence electrons. The normalized spacial score (nSPS) is 21.2. The van der Waals surface area contributed by atoms with E-state index in [1.54, 1.807) is 28.4 Å². The average molecular weight is 497 g/mol. The van der Waals surface area contributed by atoms with E-state index in [-0.39, 0.29) is 11.9 Å². The molecule has 3 atom stereocenters. The number of hydrogen-bond donors (Lipinski definition) is 1. The lowest BCUT2D eigenvalue weighted by Crippen LogP contribution is -2.47. The predicted octanol–water partition coefficient (Wildman–Crippen LogP) is 4.42. The molecule has 7 nitrogen and oxygen atoms in total. The number of amides is 1. The highest BCUT2D eigenvalue weighted by molar-refractivity contribution is 5.76. The molecule has 0 radical (unpaired) electrons. The summed E-state index contributed by atoms with van der Waals surface area (Å²) in [7, 11) is 6.74. The number of carbonyl (C=O) groups excluding carboxylic acids is 1. The van der Waals surface area contributed by atoms with Crippen molar-refractivity contribution in [1.82, 2.24) is 10.2 Å². The summed E-state index contributed by atoms with van der Waals surface area (Å²) in [5.41, 5.74) is 3.61. The average Bonchev–Trinajstić information content (AvgIpc) is 2.91. The Balaban J connectivity index is 1.41. The highest BCUT2D eigenvalue weighted by Crippen LogP contribution is 2.48. The van der Waals surface area contributed by atoms with Crippen molar-refractivity contribution in [2.24, 2.45) is 11.8 Å². The number of hydrogen-bond acceptors (Lipinski definition) is 6. The SMILES string of the molecule is CC[C@@H]1CN2CCc3c(OC)ccc(OC)c3[C@@H]2C[C@H]1CC(=O)NCCc1ccc(OC)c(OC)c1. The highest BCUT2D eigenvalue weighted by atomic mass is 16.5. The Hall–Kier alpha value is -2.93. The number of nitrogens with zero attached hydrogens (tertiary/aromatic N) is 1. The number of ether oxygens (including phenoxy) is 4. The summed E-state index contributed by atoms with van der Waals surface area (Å²) >= 11 is 0. The molecule has 0 saturated carbocycles. The number of nitrogens with one attached hydrogen (secondary N) is 1. The fraction of sp³-hybridized carbons (Fsp3) is 0.552. The summed E-state index contributed by atoms with van der Waals surface area (Å²) < 4.78 is 22.2. The van der Waals surface area contributed by atoms with Crippen molar-refractivity contribution in [2.75, 3.05) is 48.1 Å². The van der Waals surface area contributed by atoms with E-state index in [0.717, 1.165) is 55.8 Å². The number of carbonyl (C=O) groups is 1. The zero-order valence-corrected chi connectivity index (χ0v) is 22.3. The lowest BCUT2D eigenvalue weighted by atomic mass is 9.74. The predicted molar refractivity (Wildman–Crippen MR) is 140 cm³/mol. The maximum absolute atomic E-state index is 13.0. The van der Waals surface area contributed by atoms with Gasteiger partial charge in [-0.05, 0) is 60.9 Å². The Morgan fingerprint density at radius 3 is 2.33 bits per heavy atom. The molecule has 2 aliphatic heterocycles. The third kappa shape index (κ3) is 5.41. The van der Waals surface area contributed by atoms with Crippen molar-refractivity contribution in [3.8, 4) is 23.0 Å². The van der Waals surface area contributed by atoms with Gasteiger partial charge in [-0.2, -0.15) is 0 Å². The van der Waals surface area contributed by atoms with Crippen LogP contribution in [0.3, 0.4) is 0 Å². The molecule has 1 amide bonds. The van der Waals surface area contributed by atoms with Crippen molar-refractivity contribution in [2.45, 2.75) is 45.1 Å². The first-order chi connectivity index (χ1) is 17.5. The van der Waals surface area contributed by atoms with Crippen LogP contribution in [-0.2, 0) is 17.6 Å². The Morgan fingerprint density at radius 2 is 1.64 bits per heavy atom. The molecule has 0 spiro atoms. The summed E-state index contributed by atoms with van der Waals surface area (Å²) in [6.45, 7) is 4.88. The molecule has 2 aliphatic rings. The summed E-state index contributed by atoms with van der Waals surface area (Å²) in [6.07, 6.45) is 4.29. The van der Waals surface area contributed by atoms with Gasteiger partial charge in [0.15, 0.2) is 11.5 Å². The first-order valence-electron chi connectivity index (χ1n) is 13.0. The number of rotatable bonds is 10. The van der Waals surface area contributed by atoms with E-state index >= 15 is 0 Å². The van der Waals surface area contributed by atoms with E-state index in [1.807, 2.05) is 30.3 Å². The summed E-state index contributed by atoms with van der Waals surface area (Å²) in [5.74, 6) is 4.25. The Bertz CT molecular complexity index is 1060. The molecule has 0 aliphatic carbocycles. The molecule has 2 aromatic rings. The van der Waals surface area contributed by atoms with Gasteiger partial charge < -0.3 is 24.3 Å². The van der Waals surface area contributed by atoms with Crippen molar-refractivity contribution in [1.29, 1.82) is 0 Å². The minimum absolute atomic E-state index is 0.126. The molecule has 7 heteroatoms. The zero-order chi connectivity index (χ0) is 25.7. The van der Waals surface area contributed by atoms with Gasteiger partial charge in [-0.1, -0.05) is 19.4 Å². The van der Waals surface area contributed by atoms with Crippen molar-refractivity contribution in [3.05, 3.63) is 47.0 Å². The van der Waals surface area contributed by atoms with Crippen molar-refractivity contribution >= 4 is 5.91 Å². The first-order valence-corrected chi connectivity index (χ1v) is 13.0. The molecule has 0 aromatic heterocycles. The maximum Gasteiger partial charge on any atom is 0.220 e. The van der Waals surface area contributed by atoms with Crippen LogP contribution in [0.5, 0.6) is 23.0 Å². The molecule has 0 bridgehead atoms. The maximum atomic E-state index is 13.0. The van der Waals surface area contributed by atoms with Gasteiger partial charge in [0.05, 0.1) is 28.4 Å². The Labute approximate surface area is 215 Å². The van der Waals surface area contributed by atoms with Gasteiger partial charge in [0.25, 0.3) is 0 Å². The fourth-order valence-corrected chi connectivity index (χ4v) is 6.03. The summed E-state index contributed by atoms with van der Waals surface area (Å²) in [5, 5.41) is 3.15. The summed E-state index contributed by atoms with van der Waals surface area (Å²) in [4.78, 5) is 15.6. The second-order valence-corrected chi connectivity index (χ2v) is 9.78. The van der Waals surface area contributed by atoms with Crippen LogP contribution in [0.25, 0.3) is 0 Å². The summed E-state index contributed by atoms with van der Waals surface area (Å²) in [6, 6.07) is 10.2. The fourth-order valence-electron chi connectivity index (χ4n) is 6.03. The van der Waals surface area contributed by atoms with E-state index in [4.69, 9.17) is 18.9 Å². The van der Waals surface area contributed by atoms with Gasteiger partial charge in [0.2, 0.25) is 5.91 Å². The van der Waals surface area contributed by atoms with Gasteiger partial charge in [-0.15, -0.1) is 0 Å². The molecule has 2 heterocycles. The molecule has 2 aromatic carbocycles. The van der Waals surface area contributed by atoms with Crippen LogP contribution in [0, 0.1) is 11.8 Å². The number of fused-ring (bicyclic) bond motifs is 3. The lowest BCUT2D eigenvalue weighted by Gasteiger charge is -2.47. The molecule has 1 N–H and O–H groups in total. The smallest absolute Gasteiger partial charge is 0.220 e. The van der Waals surface area contributed by atoms with E-state index < -0.39 is 0 Å². The molecule has 1 fully saturated rings. The minimum atomic E-state index is 0.126. The first kappa shape index (κ1) is 26.1. The number of piperidine rings is 1. The third-order valence-electron chi connectivity index (χ3n) is 7.95. The van der Waals surface area contributed by atoms with Crippen LogP contribution in [0.2, 0.25) is 0 Å². The second-order valence-electron chi connectivity index (χ2n) is 9.78. The molecule has 36 heavy (non-hydrogen) atoms. The van der Waals surface area contributed by atoms with E-state index in [2.05, 4.69) is 17.1 Å². The zero-order valence-electron chi connectivity index (χ0n) is 22.3. The quantitative estimate of drug-likeness (QED) is 0.525. The van der Waals surface area contributed by atoms with Crippen molar-refractivity contribution < 1.29 is 23.7 Å².